The Morgan fingerprint density at radius 2 is 2.25 bits per heavy atom. The Bertz CT molecular complexity index is 496. The molecule has 1 fully saturated rings. The highest BCUT2D eigenvalue weighted by molar-refractivity contribution is 7.18. The second-order valence-corrected chi connectivity index (χ2v) is 4.97. The minimum atomic E-state index is 0. The summed E-state index contributed by atoms with van der Waals surface area (Å²) in [5, 5.41) is 4.28. The van der Waals surface area contributed by atoms with Gasteiger partial charge in [-0.3, -0.25) is 0 Å². The Hall–Kier alpha value is -0.840. The van der Waals surface area contributed by atoms with Crippen LogP contribution in [0.2, 0.25) is 0 Å². The average molecular weight is 257 g/mol. The van der Waals surface area contributed by atoms with E-state index in [2.05, 4.69) is 16.4 Å². The second-order valence-electron chi connectivity index (χ2n) is 3.73. The standard InChI is InChI=1S/C11H12N2OS.ClH/c1-7-13-11-9(14-8-5-12-6-8)3-2-4-10(11)15-7;/h2-4,8,12H,5-6H2,1H3;1H. The number of thiazole rings is 1. The molecule has 3 nitrogen and oxygen atoms in total. The largest absolute Gasteiger partial charge is 0.485 e. The number of nitrogens with zero attached hydrogens (tertiary/aromatic N) is 1. The number of aryl methyl sites for hydroxylation is 1. The van der Waals surface area contributed by atoms with Gasteiger partial charge in [0.25, 0.3) is 0 Å². The number of halogens is 1. The van der Waals surface area contributed by atoms with Gasteiger partial charge in [0.15, 0.2) is 0 Å². The number of ether oxygens (including phenoxy) is 1. The minimum Gasteiger partial charge on any atom is -0.485 e. The van der Waals surface area contributed by atoms with Gasteiger partial charge in [0.1, 0.15) is 17.4 Å². The van der Waals surface area contributed by atoms with Crippen LogP contribution in [0.5, 0.6) is 5.75 Å². The zero-order valence-corrected chi connectivity index (χ0v) is 10.5. The molecule has 0 radical (unpaired) electrons. The molecular formula is C11H13ClN2OS. The average Bonchev–Trinajstić information content (AvgIpc) is 2.52. The Morgan fingerprint density at radius 3 is 2.94 bits per heavy atom. The molecule has 0 atom stereocenters. The first-order chi connectivity index (χ1) is 7.33. The number of para-hydroxylation sites is 1. The Morgan fingerprint density at radius 1 is 1.44 bits per heavy atom. The summed E-state index contributed by atoms with van der Waals surface area (Å²) in [6, 6.07) is 6.12. The van der Waals surface area contributed by atoms with Crippen molar-refractivity contribution in [2.45, 2.75) is 13.0 Å². The van der Waals surface area contributed by atoms with E-state index in [0.717, 1.165) is 29.4 Å². The first kappa shape index (κ1) is 11.6. The molecule has 0 aliphatic carbocycles. The van der Waals surface area contributed by atoms with Crippen molar-refractivity contribution in [3.63, 3.8) is 0 Å². The molecule has 1 saturated heterocycles. The van der Waals surface area contributed by atoms with E-state index in [-0.39, 0.29) is 12.4 Å². The molecule has 16 heavy (non-hydrogen) atoms. The van der Waals surface area contributed by atoms with Crippen molar-refractivity contribution >= 4 is 34.0 Å². The first-order valence-electron chi connectivity index (χ1n) is 5.06. The first-order valence-corrected chi connectivity index (χ1v) is 5.88. The third-order valence-electron chi connectivity index (χ3n) is 2.53. The van der Waals surface area contributed by atoms with E-state index >= 15 is 0 Å². The summed E-state index contributed by atoms with van der Waals surface area (Å²) < 4.78 is 7.06. The molecule has 2 aromatic rings. The van der Waals surface area contributed by atoms with Crippen molar-refractivity contribution in [1.29, 1.82) is 0 Å². The van der Waals surface area contributed by atoms with E-state index in [9.17, 15) is 0 Å². The molecule has 1 aliphatic rings. The molecule has 5 heteroatoms. The third kappa shape index (κ3) is 2.00. The number of aromatic nitrogens is 1. The maximum atomic E-state index is 5.86. The Balaban J connectivity index is 0.000000963. The zero-order chi connectivity index (χ0) is 10.3. The topological polar surface area (TPSA) is 34.1 Å². The summed E-state index contributed by atoms with van der Waals surface area (Å²) >= 11 is 1.71. The summed E-state index contributed by atoms with van der Waals surface area (Å²) in [6.45, 7) is 3.92. The molecule has 1 aromatic heterocycles. The van der Waals surface area contributed by atoms with Gasteiger partial charge in [-0.1, -0.05) is 6.07 Å². The number of nitrogens with one attached hydrogen (secondary N) is 1. The highest BCUT2D eigenvalue weighted by atomic mass is 35.5. The summed E-state index contributed by atoms with van der Waals surface area (Å²) in [5.74, 6) is 0.920. The molecule has 2 heterocycles. The summed E-state index contributed by atoms with van der Waals surface area (Å²) in [7, 11) is 0. The highest BCUT2D eigenvalue weighted by Gasteiger charge is 2.19. The van der Waals surface area contributed by atoms with Crippen LogP contribution in [-0.2, 0) is 0 Å². The number of fused-ring (bicyclic) bond motifs is 1. The molecule has 86 valence electrons. The maximum absolute atomic E-state index is 5.86. The number of benzene rings is 1. The molecule has 0 saturated carbocycles. The van der Waals surface area contributed by atoms with Crippen LogP contribution in [0, 0.1) is 6.92 Å². The molecule has 0 unspecified atom stereocenters. The molecule has 1 aliphatic heterocycles. The Labute approximate surface area is 104 Å². The molecule has 0 spiro atoms. The van der Waals surface area contributed by atoms with E-state index in [0.29, 0.717) is 6.10 Å². The third-order valence-corrected chi connectivity index (χ3v) is 3.46. The molecule has 0 amide bonds. The quantitative estimate of drug-likeness (QED) is 0.896. The molecule has 3 rings (SSSR count). The molecule has 1 aromatic carbocycles. The fourth-order valence-electron chi connectivity index (χ4n) is 1.65. The summed E-state index contributed by atoms with van der Waals surface area (Å²) in [4.78, 5) is 4.50. The SMILES string of the molecule is Cc1nc2c(OC3CNC3)cccc2s1.Cl. The van der Waals surface area contributed by atoms with Crippen molar-refractivity contribution in [2.24, 2.45) is 0 Å². The van der Waals surface area contributed by atoms with Crippen LogP contribution in [0.3, 0.4) is 0 Å². The predicted octanol–water partition coefficient (Wildman–Crippen LogP) is 2.38. The van der Waals surface area contributed by atoms with Crippen molar-refractivity contribution < 1.29 is 4.74 Å². The molecule has 1 N–H and O–H groups in total. The van der Waals surface area contributed by atoms with Gasteiger partial charge in [-0.25, -0.2) is 4.98 Å². The normalized spacial score (nSPS) is 15.6. The lowest BCUT2D eigenvalue weighted by atomic mass is 10.2. The lowest BCUT2D eigenvalue weighted by molar-refractivity contribution is 0.144. The van der Waals surface area contributed by atoms with Crippen LogP contribution in [-0.4, -0.2) is 24.2 Å². The van der Waals surface area contributed by atoms with Crippen molar-refractivity contribution in [1.82, 2.24) is 10.3 Å². The van der Waals surface area contributed by atoms with Crippen molar-refractivity contribution in [3.8, 4) is 5.75 Å². The fraction of sp³-hybridized carbons (Fsp3) is 0.364. The van der Waals surface area contributed by atoms with Crippen LogP contribution in [0.25, 0.3) is 10.2 Å². The van der Waals surface area contributed by atoms with Gasteiger partial charge in [0, 0.05) is 13.1 Å². The van der Waals surface area contributed by atoms with Crippen LogP contribution in [0.4, 0.5) is 0 Å². The van der Waals surface area contributed by atoms with Crippen molar-refractivity contribution in [2.75, 3.05) is 13.1 Å². The number of hydrogen-bond acceptors (Lipinski definition) is 4. The smallest absolute Gasteiger partial charge is 0.146 e. The van der Waals surface area contributed by atoms with Crippen LogP contribution >= 0.6 is 23.7 Å². The van der Waals surface area contributed by atoms with Crippen molar-refractivity contribution in [3.05, 3.63) is 23.2 Å². The molecule has 0 bridgehead atoms. The lowest BCUT2D eigenvalue weighted by Crippen LogP contribution is -2.50. The van der Waals surface area contributed by atoms with Gasteiger partial charge in [-0.15, -0.1) is 23.7 Å². The van der Waals surface area contributed by atoms with Gasteiger partial charge in [-0.05, 0) is 19.1 Å². The van der Waals surface area contributed by atoms with Crippen LogP contribution < -0.4 is 10.1 Å². The van der Waals surface area contributed by atoms with Gasteiger partial charge >= 0.3 is 0 Å². The monoisotopic (exact) mass is 256 g/mol. The van der Waals surface area contributed by atoms with Gasteiger partial charge < -0.3 is 10.1 Å². The van der Waals surface area contributed by atoms with Gasteiger partial charge in [-0.2, -0.15) is 0 Å². The van der Waals surface area contributed by atoms with Crippen LogP contribution in [0.15, 0.2) is 18.2 Å². The summed E-state index contributed by atoms with van der Waals surface area (Å²) in [6.07, 6.45) is 0.317. The maximum Gasteiger partial charge on any atom is 0.146 e. The van der Waals surface area contributed by atoms with Crippen LogP contribution in [0.1, 0.15) is 5.01 Å². The van der Waals surface area contributed by atoms with Gasteiger partial charge in [0.2, 0.25) is 0 Å². The fourth-order valence-corrected chi connectivity index (χ4v) is 2.50. The minimum absolute atomic E-state index is 0. The lowest BCUT2D eigenvalue weighted by Gasteiger charge is -2.27. The van der Waals surface area contributed by atoms with E-state index in [1.54, 1.807) is 11.3 Å². The van der Waals surface area contributed by atoms with E-state index in [4.69, 9.17) is 4.74 Å². The highest BCUT2D eigenvalue weighted by Crippen LogP contribution is 2.30. The second kappa shape index (κ2) is 4.57. The Kier molecular flexibility index (Phi) is 3.33. The molecular weight excluding hydrogens is 244 g/mol. The van der Waals surface area contributed by atoms with Gasteiger partial charge in [0.05, 0.1) is 9.71 Å². The van der Waals surface area contributed by atoms with E-state index in [1.807, 2.05) is 19.1 Å². The number of hydrogen-bond donors (Lipinski definition) is 1. The summed E-state index contributed by atoms with van der Waals surface area (Å²) in [5.41, 5.74) is 1.01. The van der Waals surface area contributed by atoms with E-state index in [1.165, 1.54) is 4.70 Å². The zero-order valence-electron chi connectivity index (χ0n) is 8.90. The van der Waals surface area contributed by atoms with E-state index < -0.39 is 0 Å². The number of rotatable bonds is 2. The predicted molar refractivity (Wildman–Crippen MR) is 68.9 cm³/mol.